The van der Waals surface area contributed by atoms with Crippen LogP contribution in [0.1, 0.15) is 129 Å². The van der Waals surface area contributed by atoms with Crippen LogP contribution in [0.25, 0.3) is 0 Å². The van der Waals surface area contributed by atoms with E-state index in [2.05, 4.69) is 85.8 Å². The Bertz CT molecular complexity index is 851. The van der Waals surface area contributed by atoms with Gasteiger partial charge >= 0.3 is 0 Å². The first-order valence-electron chi connectivity index (χ1n) is 12.9. The molecule has 172 valence electrons. The van der Waals surface area contributed by atoms with Crippen LogP contribution in [0.2, 0.25) is 0 Å². The highest BCUT2D eigenvalue weighted by atomic mass is 15.0. The van der Waals surface area contributed by atoms with Crippen molar-refractivity contribution in [2.24, 2.45) is 16.7 Å². The number of fused-ring (bicyclic) bond motifs is 3. The van der Waals surface area contributed by atoms with Crippen molar-refractivity contribution in [3.8, 4) is 0 Å². The Morgan fingerprint density at radius 3 is 2.03 bits per heavy atom. The lowest BCUT2D eigenvalue weighted by Gasteiger charge is -2.50. The Balaban J connectivity index is 1.86. The number of hydrogen-bond donors (Lipinski definition) is 1. The van der Waals surface area contributed by atoms with Gasteiger partial charge in [-0.1, -0.05) is 86.4 Å². The zero-order valence-corrected chi connectivity index (χ0v) is 21.8. The molecule has 3 aliphatic rings. The fourth-order valence-corrected chi connectivity index (χ4v) is 7.05. The molecule has 1 saturated heterocycles. The van der Waals surface area contributed by atoms with Crippen LogP contribution in [0.5, 0.6) is 0 Å². The predicted octanol–water partition coefficient (Wildman–Crippen LogP) is 8.45. The molecule has 1 N–H and O–H groups in total. The third-order valence-electron chi connectivity index (χ3n) is 9.12. The second-order valence-electron chi connectivity index (χ2n) is 13.6. The van der Waals surface area contributed by atoms with Crippen molar-refractivity contribution in [1.82, 2.24) is 5.32 Å². The average molecular weight is 422 g/mol. The SMILES string of the molecule is CC1=C2NC(C(C)(C)C)CCC2c2ccc(C(C)(C)C)cc2C1C(C)(C)C1CCCC1. The number of allylic oxidation sites excluding steroid dienone is 2. The normalized spacial score (nSPS) is 27.7. The van der Waals surface area contributed by atoms with E-state index in [1.165, 1.54) is 44.1 Å². The maximum absolute atomic E-state index is 4.10. The van der Waals surface area contributed by atoms with Gasteiger partial charge < -0.3 is 5.32 Å². The van der Waals surface area contributed by atoms with Gasteiger partial charge in [-0.15, -0.1) is 0 Å². The Hall–Kier alpha value is -1.24. The summed E-state index contributed by atoms with van der Waals surface area (Å²) in [5.41, 5.74) is 8.73. The van der Waals surface area contributed by atoms with Gasteiger partial charge in [-0.2, -0.15) is 0 Å². The molecule has 1 aromatic rings. The van der Waals surface area contributed by atoms with E-state index in [1.807, 2.05) is 0 Å². The van der Waals surface area contributed by atoms with Crippen LogP contribution in [-0.2, 0) is 5.41 Å². The van der Waals surface area contributed by atoms with E-state index in [0.29, 0.717) is 28.7 Å². The Kier molecular flexibility index (Phi) is 5.67. The van der Waals surface area contributed by atoms with E-state index < -0.39 is 0 Å². The van der Waals surface area contributed by atoms with E-state index in [4.69, 9.17) is 0 Å². The van der Waals surface area contributed by atoms with E-state index in [-0.39, 0.29) is 5.41 Å². The zero-order chi connectivity index (χ0) is 22.8. The molecule has 1 heterocycles. The lowest BCUT2D eigenvalue weighted by atomic mass is 9.58. The smallest absolute Gasteiger partial charge is 0.0307 e. The van der Waals surface area contributed by atoms with Crippen LogP contribution in [-0.4, -0.2) is 6.04 Å². The highest BCUT2D eigenvalue weighted by Crippen LogP contribution is 2.57. The van der Waals surface area contributed by atoms with Gasteiger partial charge in [0.25, 0.3) is 0 Å². The zero-order valence-electron chi connectivity index (χ0n) is 21.8. The molecule has 3 atom stereocenters. The summed E-state index contributed by atoms with van der Waals surface area (Å²) < 4.78 is 0. The van der Waals surface area contributed by atoms with Gasteiger partial charge in [0.1, 0.15) is 0 Å². The molecular formula is C30H47N. The van der Waals surface area contributed by atoms with Crippen molar-refractivity contribution >= 4 is 0 Å². The molecule has 1 saturated carbocycles. The number of rotatable bonds is 2. The molecule has 0 radical (unpaired) electrons. The summed E-state index contributed by atoms with van der Waals surface area (Å²) in [7, 11) is 0. The highest BCUT2D eigenvalue weighted by molar-refractivity contribution is 5.52. The molecular weight excluding hydrogens is 374 g/mol. The van der Waals surface area contributed by atoms with Crippen LogP contribution >= 0.6 is 0 Å². The van der Waals surface area contributed by atoms with E-state index in [9.17, 15) is 0 Å². The summed E-state index contributed by atoms with van der Waals surface area (Å²) in [6.07, 6.45) is 8.18. The molecule has 1 aliphatic heterocycles. The summed E-state index contributed by atoms with van der Waals surface area (Å²) in [6.45, 7) is 21.9. The van der Waals surface area contributed by atoms with Gasteiger partial charge in [0.2, 0.25) is 0 Å². The molecule has 0 amide bonds. The van der Waals surface area contributed by atoms with Crippen molar-refractivity contribution in [1.29, 1.82) is 0 Å². The topological polar surface area (TPSA) is 12.0 Å². The van der Waals surface area contributed by atoms with Crippen molar-refractivity contribution in [2.45, 2.75) is 124 Å². The van der Waals surface area contributed by atoms with Crippen LogP contribution in [0, 0.1) is 16.7 Å². The van der Waals surface area contributed by atoms with Gasteiger partial charge in [0.05, 0.1) is 0 Å². The molecule has 2 fully saturated rings. The highest BCUT2D eigenvalue weighted by Gasteiger charge is 2.46. The number of hydrogen-bond acceptors (Lipinski definition) is 1. The van der Waals surface area contributed by atoms with E-state index >= 15 is 0 Å². The molecule has 1 aromatic carbocycles. The first kappa shape index (κ1) is 22.9. The van der Waals surface area contributed by atoms with Crippen LogP contribution in [0.15, 0.2) is 29.5 Å². The molecule has 0 bridgehead atoms. The van der Waals surface area contributed by atoms with E-state index in [0.717, 1.165) is 5.92 Å². The third kappa shape index (κ3) is 4.00. The van der Waals surface area contributed by atoms with Gasteiger partial charge in [0.15, 0.2) is 0 Å². The fraction of sp³-hybridized carbons (Fsp3) is 0.733. The van der Waals surface area contributed by atoms with Gasteiger partial charge in [-0.25, -0.2) is 0 Å². The second kappa shape index (κ2) is 7.67. The Labute approximate surface area is 192 Å². The van der Waals surface area contributed by atoms with Crippen molar-refractivity contribution in [3.63, 3.8) is 0 Å². The molecule has 0 aromatic heterocycles. The predicted molar refractivity (Wildman–Crippen MR) is 135 cm³/mol. The first-order chi connectivity index (χ1) is 14.3. The van der Waals surface area contributed by atoms with Crippen molar-refractivity contribution < 1.29 is 0 Å². The summed E-state index contributed by atoms with van der Waals surface area (Å²) in [5, 5.41) is 4.10. The van der Waals surface area contributed by atoms with Crippen LogP contribution in [0.3, 0.4) is 0 Å². The van der Waals surface area contributed by atoms with Gasteiger partial charge in [0, 0.05) is 23.6 Å². The maximum atomic E-state index is 4.10. The minimum atomic E-state index is 0.192. The van der Waals surface area contributed by atoms with Gasteiger partial charge in [-0.05, 0) is 77.0 Å². The summed E-state index contributed by atoms with van der Waals surface area (Å²) in [4.78, 5) is 0. The summed E-state index contributed by atoms with van der Waals surface area (Å²) >= 11 is 0. The molecule has 3 unspecified atom stereocenters. The standard InChI is InChI=1S/C30H47N/c1-19-26(30(8,9)20-12-10-11-13-20)24-18-21(28(2,3)4)14-15-22(24)23-16-17-25(29(5,6)7)31-27(19)23/h14-15,18,20,23,25-26,31H,10-13,16-17H2,1-9H3. The number of nitrogens with one attached hydrogen (secondary N) is 1. The minimum Gasteiger partial charge on any atom is -0.385 e. The maximum Gasteiger partial charge on any atom is 0.0307 e. The quantitative estimate of drug-likeness (QED) is 0.505. The van der Waals surface area contributed by atoms with Crippen LogP contribution < -0.4 is 5.32 Å². The molecule has 0 spiro atoms. The van der Waals surface area contributed by atoms with Crippen LogP contribution in [0.4, 0.5) is 0 Å². The van der Waals surface area contributed by atoms with E-state index in [1.54, 1.807) is 22.4 Å². The third-order valence-corrected chi connectivity index (χ3v) is 9.12. The average Bonchev–Trinajstić information content (AvgIpc) is 3.21. The number of benzene rings is 1. The largest absolute Gasteiger partial charge is 0.385 e. The Morgan fingerprint density at radius 2 is 1.45 bits per heavy atom. The lowest BCUT2D eigenvalue weighted by molar-refractivity contribution is 0.175. The number of piperidine rings is 1. The minimum absolute atomic E-state index is 0.192. The Morgan fingerprint density at radius 1 is 0.806 bits per heavy atom. The summed E-state index contributed by atoms with van der Waals surface area (Å²) in [5.74, 6) is 1.90. The van der Waals surface area contributed by atoms with Gasteiger partial charge in [-0.3, -0.25) is 0 Å². The van der Waals surface area contributed by atoms with Crippen molar-refractivity contribution in [2.75, 3.05) is 0 Å². The molecule has 1 nitrogen and oxygen atoms in total. The molecule has 1 heteroatoms. The molecule has 4 rings (SSSR count). The second-order valence-corrected chi connectivity index (χ2v) is 13.6. The molecule has 31 heavy (non-hydrogen) atoms. The monoisotopic (exact) mass is 421 g/mol. The summed E-state index contributed by atoms with van der Waals surface area (Å²) in [6, 6.07) is 8.10. The molecule has 2 aliphatic carbocycles. The lowest BCUT2D eigenvalue weighted by Crippen LogP contribution is -2.47. The first-order valence-corrected chi connectivity index (χ1v) is 12.9. The fourth-order valence-electron chi connectivity index (χ4n) is 7.05. The van der Waals surface area contributed by atoms with Crippen molar-refractivity contribution in [3.05, 3.63) is 46.2 Å².